The van der Waals surface area contributed by atoms with Crippen LogP contribution < -0.4 is 12.3 Å². The number of rotatable bonds is 5. The van der Waals surface area contributed by atoms with E-state index in [2.05, 4.69) is 0 Å². The molecule has 0 aliphatic heterocycles. The van der Waals surface area contributed by atoms with Crippen LogP contribution in [0.3, 0.4) is 0 Å². The van der Waals surface area contributed by atoms with E-state index in [4.69, 9.17) is 25.5 Å². The Bertz CT molecular complexity index is 146. The summed E-state index contributed by atoms with van der Waals surface area (Å²) in [5.74, 6) is 0. The van der Waals surface area contributed by atoms with Gasteiger partial charge in [-0.1, -0.05) is 0 Å². The van der Waals surface area contributed by atoms with Crippen molar-refractivity contribution >= 4 is 6.29 Å². The normalized spacial score (nSPS) is 18.1. The van der Waals surface area contributed by atoms with Gasteiger partial charge in [0.25, 0.3) is 0 Å². The van der Waals surface area contributed by atoms with E-state index in [0.29, 0.717) is 0 Å². The zero-order chi connectivity index (χ0) is 9.72. The Hall–Kier alpha value is -0.610. The first-order chi connectivity index (χ1) is 5.54. The van der Waals surface area contributed by atoms with E-state index in [1.165, 1.54) is 0 Å². The maximum absolute atomic E-state index is 9.90. The zero-order valence-corrected chi connectivity index (χ0v) is 7.65. The molecule has 0 amide bonds. The van der Waals surface area contributed by atoms with Gasteiger partial charge in [0.2, 0.25) is 0 Å². The average molecular weight is 214 g/mol. The number of aliphatic hydroxyl groups excluding tert-OH is 5. The van der Waals surface area contributed by atoms with Crippen LogP contribution in [0.25, 0.3) is 0 Å². The fourth-order valence-electron chi connectivity index (χ4n) is 0.618. The van der Waals surface area contributed by atoms with Crippen LogP contribution in [0.4, 0.5) is 0 Å². The van der Waals surface area contributed by atoms with Crippen molar-refractivity contribution in [3.8, 4) is 0 Å². The van der Waals surface area contributed by atoms with E-state index in [9.17, 15) is 4.79 Å². The summed E-state index contributed by atoms with van der Waals surface area (Å²) in [4.78, 5) is 9.90. The number of carbonyl (C=O) groups is 1. The Labute approximate surface area is 81.0 Å². The topological polar surface area (TPSA) is 188 Å². The highest BCUT2D eigenvalue weighted by Crippen LogP contribution is 2.02. The fraction of sp³-hybridized carbons (Fsp3) is 0.833. The van der Waals surface area contributed by atoms with Crippen LogP contribution in [0.5, 0.6) is 0 Å². The van der Waals surface area contributed by atoms with Crippen LogP contribution in [-0.2, 0) is 4.79 Å². The number of hydrogen-bond donors (Lipinski definition) is 7. The molecule has 0 aliphatic rings. The lowest BCUT2D eigenvalue weighted by Crippen LogP contribution is -2.46. The summed E-state index contributed by atoms with van der Waals surface area (Å²) in [5.41, 5.74) is 0. The van der Waals surface area contributed by atoms with E-state index in [1.54, 1.807) is 0 Å². The quantitative estimate of drug-likeness (QED) is 0.235. The molecule has 0 heterocycles. The third-order valence-electron chi connectivity index (χ3n) is 1.42. The van der Waals surface area contributed by atoms with Gasteiger partial charge in [0.05, 0.1) is 6.61 Å². The molecule has 0 fully saturated rings. The molecule has 0 aliphatic carbocycles. The molecule has 11 N–H and O–H groups in total. The predicted molar refractivity (Wildman–Crippen MR) is 47.2 cm³/mol. The van der Waals surface area contributed by atoms with E-state index in [0.717, 1.165) is 0 Å². The first-order valence-corrected chi connectivity index (χ1v) is 3.33. The van der Waals surface area contributed by atoms with Crippen molar-refractivity contribution in [3.05, 3.63) is 0 Å². The SMILES string of the molecule is N.N.O=CC(O)C(O)C(O)C(O)CO. The van der Waals surface area contributed by atoms with Crippen molar-refractivity contribution in [2.75, 3.05) is 6.61 Å². The Balaban J connectivity index is -0.000000605. The Kier molecular flexibility index (Phi) is 12.2. The second kappa shape index (κ2) is 8.97. The Morgan fingerprint density at radius 3 is 1.71 bits per heavy atom. The maximum Gasteiger partial charge on any atom is 0.151 e. The number of aldehydes is 1. The lowest BCUT2D eigenvalue weighted by Gasteiger charge is -2.22. The van der Waals surface area contributed by atoms with Crippen molar-refractivity contribution in [1.29, 1.82) is 0 Å². The van der Waals surface area contributed by atoms with Crippen LogP contribution in [0, 0.1) is 0 Å². The maximum atomic E-state index is 9.90. The van der Waals surface area contributed by atoms with Crippen LogP contribution in [0.15, 0.2) is 0 Å². The predicted octanol–water partition coefficient (Wildman–Crippen LogP) is -3.05. The van der Waals surface area contributed by atoms with Gasteiger partial charge >= 0.3 is 0 Å². The Morgan fingerprint density at radius 1 is 1.00 bits per heavy atom. The van der Waals surface area contributed by atoms with Crippen molar-refractivity contribution in [2.45, 2.75) is 24.4 Å². The second-order valence-electron chi connectivity index (χ2n) is 2.36. The molecule has 0 bridgehead atoms. The van der Waals surface area contributed by atoms with Crippen LogP contribution in [0.2, 0.25) is 0 Å². The van der Waals surface area contributed by atoms with Crippen LogP contribution >= 0.6 is 0 Å². The van der Waals surface area contributed by atoms with Gasteiger partial charge in [0.15, 0.2) is 6.29 Å². The van der Waals surface area contributed by atoms with Crippen molar-refractivity contribution < 1.29 is 30.3 Å². The summed E-state index contributed by atoms with van der Waals surface area (Å²) < 4.78 is 0. The summed E-state index contributed by atoms with van der Waals surface area (Å²) in [6, 6.07) is 0. The summed E-state index contributed by atoms with van der Waals surface area (Å²) in [5, 5.41) is 43.5. The lowest BCUT2D eigenvalue weighted by atomic mass is 10.0. The number of aliphatic hydroxyl groups is 5. The minimum absolute atomic E-state index is 0. The van der Waals surface area contributed by atoms with Gasteiger partial charge in [0, 0.05) is 0 Å². The third kappa shape index (κ3) is 5.19. The molecule has 4 unspecified atom stereocenters. The first kappa shape index (κ1) is 19.0. The first-order valence-electron chi connectivity index (χ1n) is 3.33. The average Bonchev–Trinajstić information content (AvgIpc) is 2.12. The number of hydrogen-bond acceptors (Lipinski definition) is 8. The van der Waals surface area contributed by atoms with Gasteiger partial charge in [-0.15, -0.1) is 0 Å². The van der Waals surface area contributed by atoms with Crippen LogP contribution in [-0.4, -0.2) is 62.8 Å². The smallest absolute Gasteiger partial charge is 0.151 e. The molecule has 0 aromatic carbocycles. The van der Waals surface area contributed by atoms with Gasteiger partial charge in [-0.05, 0) is 0 Å². The molecule has 88 valence electrons. The molecule has 0 saturated heterocycles. The highest BCUT2D eigenvalue weighted by molar-refractivity contribution is 5.56. The zero-order valence-electron chi connectivity index (χ0n) is 7.65. The molecule has 14 heavy (non-hydrogen) atoms. The minimum atomic E-state index is -1.79. The van der Waals surface area contributed by atoms with E-state index in [-0.39, 0.29) is 18.6 Å². The summed E-state index contributed by atoms with van der Waals surface area (Å²) in [7, 11) is 0. The van der Waals surface area contributed by atoms with Crippen molar-refractivity contribution in [1.82, 2.24) is 12.3 Å². The van der Waals surface area contributed by atoms with Crippen LogP contribution in [0.1, 0.15) is 0 Å². The van der Waals surface area contributed by atoms with Gasteiger partial charge in [-0.25, -0.2) is 0 Å². The molecule has 0 radical (unpaired) electrons. The molecule has 4 atom stereocenters. The number of carbonyl (C=O) groups excluding carboxylic acids is 1. The largest absolute Gasteiger partial charge is 0.394 e. The van der Waals surface area contributed by atoms with E-state index in [1.807, 2.05) is 0 Å². The highest BCUT2D eigenvalue weighted by atomic mass is 16.4. The molecule has 8 heteroatoms. The molecule has 0 spiro atoms. The third-order valence-corrected chi connectivity index (χ3v) is 1.42. The standard InChI is InChI=1S/C6H12O6.2H3N/c7-1-3(9)5(11)6(12)4(10)2-8;;/h1,3-6,8-12H,2H2;2*1H3. The van der Waals surface area contributed by atoms with Crippen molar-refractivity contribution in [3.63, 3.8) is 0 Å². The highest BCUT2D eigenvalue weighted by Gasteiger charge is 2.29. The molecule has 8 nitrogen and oxygen atoms in total. The van der Waals surface area contributed by atoms with Gasteiger partial charge in [-0.2, -0.15) is 0 Å². The lowest BCUT2D eigenvalue weighted by molar-refractivity contribution is -0.136. The van der Waals surface area contributed by atoms with E-state index < -0.39 is 31.0 Å². The summed E-state index contributed by atoms with van der Waals surface area (Å²) >= 11 is 0. The minimum Gasteiger partial charge on any atom is -0.394 e. The molecule has 0 saturated carbocycles. The summed E-state index contributed by atoms with van der Waals surface area (Å²) in [6.45, 7) is -0.760. The molecule has 0 rings (SSSR count). The van der Waals surface area contributed by atoms with Gasteiger partial charge < -0.3 is 42.6 Å². The molecular formula is C6H18N2O6. The van der Waals surface area contributed by atoms with Crippen molar-refractivity contribution in [2.24, 2.45) is 0 Å². The Morgan fingerprint density at radius 2 is 1.43 bits per heavy atom. The second-order valence-corrected chi connectivity index (χ2v) is 2.36. The van der Waals surface area contributed by atoms with E-state index >= 15 is 0 Å². The molecular weight excluding hydrogens is 196 g/mol. The summed E-state index contributed by atoms with van der Waals surface area (Å²) in [6.07, 6.45) is -6.84. The van der Waals surface area contributed by atoms with Gasteiger partial charge in [0.1, 0.15) is 24.4 Å². The molecule has 0 aromatic heterocycles. The molecule has 0 aromatic rings. The van der Waals surface area contributed by atoms with Gasteiger partial charge in [-0.3, -0.25) is 0 Å². The monoisotopic (exact) mass is 214 g/mol. The fourth-order valence-corrected chi connectivity index (χ4v) is 0.618.